The van der Waals surface area contributed by atoms with Crippen molar-refractivity contribution in [2.45, 2.75) is 56.8 Å². The fourth-order valence-corrected chi connectivity index (χ4v) is 4.25. The molecule has 2 heterocycles. The molecule has 0 radical (unpaired) electrons. The van der Waals surface area contributed by atoms with Crippen molar-refractivity contribution in [3.8, 4) is 11.5 Å². The standard InChI is InChI=1S/C16H23N3O4S/c1-10-11(2)17-18-16(10)14-8-9-15(23-14)24(20,21)19-12-4-6-13(22-3)7-5-12/h8-9,12-13,19H,4-7H2,1-3H3,(H,17,18). The number of ether oxygens (including phenoxy) is 1. The van der Waals surface area contributed by atoms with Crippen molar-refractivity contribution >= 4 is 10.0 Å². The van der Waals surface area contributed by atoms with Crippen LogP contribution in [0.15, 0.2) is 21.6 Å². The number of hydrogen-bond donors (Lipinski definition) is 2. The number of furan rings is 1. The van der Waals surface area contributed by atoms with Gasteiger partial charge in [0, 0.05) is 24.4 Å². The molecular formula is C16H23N3O4S. The molecule has 0 amide bonds. The number of aromatic nitrogens is 2. The number of rotatable bonds is 5. The SMILES string of the molecule is COC1CCC(NS(=O)(=O)c2ccc(-c3n[nH]c(C)c3C)o2)CC1. The molecule has 0 bridgehead atoms. The van der Waals surface area contributed by atoms with E-state index in [0.717, 1.165) is 36.9 Å². The van der Waals surface area contributed by atoms with Crippen LogP contribution >= 0.6 is 0 Å². The first-order chi connectivity index (χ1) is 11.4. The van der Waals surface area contributed by atoms with Crippen LogP contribution in [-0.4, -0.2) is 37.9 Å². The average Bonchev–Trinajstić information content (AvgIpc) is 3.16. The molecule has 3 rings (SSSR count). The van der Waals surface area contributed by atoms with Crippen molar-refractivity contribution in [3.63, 3.8) is 0 Å². The number of sulfonamides is 1. The van der Waals surface area contributed by atoms with Gasteiger partial charge in [-0.15, -0.1) is 0 Å². The van der Waals surface area contributed by atoms with Crippen LogP contribution in [0.2, 0.25) is 0 Å². The lowest BCUT2D eigenvalue weighted by molar-refractivity contribution is 0.0648. The van der Waals surface area contributed by atoms with Gasteiger partial charge in [-0.25, -0.2) is 13.1 Å². The molecule has 2 aromatic heterocycles. The van der Waals surface area contributed by atoms with Gasteiger partial charge >= 0.3 is 0 Å². The third-order valence-electron chi connectivity index (χ3n) is 4.66. The number of methoxy groups -OCH3 is 1. The maximum atomic E-state index is 12.5. The Labute approximate surface area is 141 Å². The second kappa shape index (κ2) is 6.70. The van der Waals surface area contributed by atoms with E-state index in [1.54, 1.807) is 13.2 Å². The van der Waals surface area contributed by atoms with Crippen LogP contribution in [0, 0.1) is 13.8 Å². The van der Waals surface area contributed by atoms with E-state index in [-0.39, 0.29) is 17.2 Å². The van der Waals surface area contributed by atoms with Crippen LogP contribution in [0.4, 0.5) is 0 Å². The molecule has 0 saturated heterocycles. The third kappa shape index (κ3) is 3.40. The highest BCUT2D eigenvalue weighted by Crippen LogP contribution is 2.28. The van der Waals surface area contributed by atoms with Gasteiger partial charge in [0.05, 0.1) is 6.10 Å². The molecule has 1 saturated carbocycles. The molecular weight excluding hydrogens is 330 g/mol. The highest BCUT2D eigenvalue weighted by molar-refractivity contribution is 7.89. The van der Waals surface area contributed by atoms with Gasteiger partial charge in [-0.1, -0.05) is 0 Å². The van der Waals surface area contributed by atoms with Crippen LogP contribution < -0.4 is 4.72 Å². The molecule has 1 aliphatic carbocycles. The number of H-pyrrole nitrogens is 1. The minimum absolute atomic E-state index is 0.0774. The van der Waals surface area contributed by atoms with Gasteiger partial charge in [-0.2, -0.15) is 5.10 Å². The molecule has 0 unspecified atom stereocenters. The van der Waals surface area contributed by atoms with Gasteiger partial charge < -0.3 is 9.15 Å². The zero-order valence-corrected chi connectivity index (χ0v) is 14.9. The largest absolute Gasteiger partial charge is 0.442 e. The van der Waals surface area contributed by atoms with Crippen molar-refractivity contribution in [1.82, 2.24) is 14.9 Å². The maximum absolute atomic E-state index is 12.5. The highest BCUT2D eigenvalue weighted by atomic mass is 32.2. The van der Waals surface area contributed by atoms with Gasteiger partial charge in [0.25, 0.3) is 10.0 Å². The van der Waals surface area contributed by atoms with E-state index in [1.165, 1.54) is 6.07 Å². The predicted octanol–water partition coefficient (Wildman–Crippen LogP) is 2.52. The Morgan fingerprint density at radius 1 is 1.25 bits per heavy atom. The molecule has 0 atom stereocenters. The minimum Gasteiger partial charge on any atom is -0.442 e. The van der Waals surface area contributed by atoms with Gasteiger partial charge in [-0.05, 0) is 51.7 Å². The van der Waals surface area contributed by atoms with E-state index in [1.807, 2.05) is 13.8 Å². The summed E-state index contributed by atoms with van der Waals surface area (Å²) in [5, 5.41) is 6.96. The second-order valence-electron chi connectivity index (χ2n) is 6.27. The van der Waals surface area contributed by atoms with Crippen molar-refractivity contribution in [2.24, 2.45) is 0 Å². The zero-order valence-electron chi connectivity index (χ0n) is 14.1. The molecule has 0 spiro atoms. The Hall–Kier alpha value is -1.64. The first kappa shape index (κ1) is 17.2. The van der Waals surface area contributed by atoms with E-state index in [0.29, 0.717) is 11.5 Å². The van der Waals surface area contributed by atoms with Crippen molar-refractivity contribution < 1.29 is 17.6 Å². The van der Waals surface area contributed by atoms with Gasteiger partial charge in [0.15, 0.2) is 5.76 Å². The van der Waals surface area contributed by atoms with E-state index in [4.69, 9.17) is 9.15 Å². The fourth-order valence-electron chi connectivity index (χ4n) is 3.01. The molecule has 0 aliphatic heterocycles. The lowest BCUT2D eigenvalue weighted by Gasteiger charge is -2.27. The molecule has 24 heavy (non-hydrogen) atoms. The smallest absolute Gasteiger partial charge is 0.274 e. The van der Waals surface area contributed by atoms with Crippen LogP contribution in [0.3, 0.4) is 0 Å². The average molecular weight is 353 g/mol. The third-order valence-corrected chi connectivity index (χ3v) is 6.05. The van der Waals surface area contributed by atoms with E-state index >= 15 is 0 Å². The predicted molar refractivity (Wildman–Crippen MR) is 89.1 cm³/mol. The van der Waals surface area contributed by atoms with Crippen LogP contribution in [0.25, 0.3) is 11.5 Å². The Morgan fingerprint density at radius 2 is 1.96 bits per heavy atom. The molecule has 8 heteroatoms. The first-order valence-electron chi connectivity index (χ1n) is 8.07. The lowest BCUT2D eigenvalue weighted by Crippen LogP contribution is -2.38. The topological polar surface area (TPSA) is 97.2 Å². The second-order valence-corrected chi connectivity index (χ2v) is 7.92. The summed E-state index contributed by atoms with van der Waals surface area (Å²) in [5.41, 5.74) is 2.51. The number of aromatic amines is 1. The fraction of sp³-hybridized carbons (Fsp3) is 0.562. The first-order valence-corrected chi connectivity index (χ1v) is 9.56. The van der Waals surface area contributed by atoms with E-state index < -0.39 is 10.0 Å². The highest BCUT2D eigenvalue weighted by Gasteiger charge is 2.28. The Bertz CT molecular complexity index is 801. The van der Waals surface area contributed by atoms with Crippen LogP contribution in [0.1, 0.15) is 36.9 Å². The summed E-state index contributed by atoms with van der Waals surface area (Å²) in [6.45, 7) is 3.82. The van der Waals surface area contributed by atoms with Crippen molar-refractivity contribution in [3.05, 3.63) is 23.4 Å². The Balaban J connectivity index is 1.73. The molecule has 2 aromatic rings. The molecule has 0 aromatic carbocycles. The maximum Gasteiger partial charge on any atom is 0.274 e. The van der Waals surface area contributed by atoms with E-state index in [2.05, 4.69) is 14.9 Å². The molecule has 132 valence electrons. The lowest BCUT2D eigenvalue weighted by atomic mass is 9.94. The monoisotopic (exact) mass is 353 g/mol. The molecule has 7 nitrogen and oxygen atoms in total. The van der Waals surface area contributed by atoms with Crippen LogP contribution in [-0.2, 0) is 14.8 Å². The van der Waals surface area contributed by atoms with E-state index in [9.17, 15) is 8.42 Å². The quantitative estimate of drug-likeness (QED) is 0.861. The Morgan fingerprint density at radius 3 is 2.54 bits per heavy atom. The van der Waals surface area contributed by atoms with Gasteiger partial charge in [0.1, 0.15) is 5.69 Å². The van der Waals surface area contributed by atoms with Crippen LogP contribution in [0.5, 0.6) is 0 Å². The summed E-state index contributed by atoms with van der Waals surface area (Å²) >= 11 is 0. The number of nitrogens with zero attached hydrogens (tertiary/aromatic N) is 1. The van der Waals surface area contributed by atoms with Gasteiger partial charge in [0.2, 0.25) is 5.09 Å². The zero-order chi connectivity index (χ0) is 17.3. The number of hydrogen-bond acceptors (Lipinski definition) is 5. The summed E-state index contributed by atoms with van der Waals surface area (Å²) in [6, 6.07) is 3.03. The minimum atomic E-state index is -3.67. The summed E-state index contributed by atoms with van der Waals surface area (Å²) in [7, 11) is -1.98. The Kier molecular flexibility index (Phi) is 4.80. The normalized spacial score (nSPS) is 22.0. The number of nitrogens with one attached hydrogen (secondary N) is 2. The molecule has 1 aliphatic rings. The molecule has 1 fully saturated rings. The van der Waals surface area contributed by atoms with Gasteiger partial charge in [-0.3, -0.25) is 5.10 Å². The summed E-state index contributed by atoms with van der Waals surface area (Å²) < 4.78 is 38.6. The summed E-state index contributed by atoms with van der Waals surface area (Å²) in [4.78, 5) is 0. The number of aryl methyl sites for hydroxylation is 1. The van der Waals surface area contributed by atoms with Crippen molar-refractivity contribution in [2.75, 3.05) is 7.11 Å². The summed E-state index contributed by atoms with van der Waals surface area (Å²) in [5.74, 6) is 0.445. The summed E-state index contributed by atoms with van der Waals surface area (Å²) in [6.07, 6.45) is 3.48. The molecule has 2 N–H and O–H groups in total. The van der Waals surface area contributed by atoms with Crippen molar-refractivity contribution in [1.29, 1.82) is 0 Å².